The summed E-state index contributed by atoms with van der Waals surface area (Å²) >= 11 is 1.16. The highest BCUT2D eigenvalue weighted by Crippen LogP contribution is 2.26. The molecule has 7 heteroatoms. The second kappa shape index (κ2) is 8.32. The fourth-order valence-electron chi connectivity index (χ4n) is 2.39. The van der Waals surface area contributed by atoms with Gasteiger partial charge in [-0.1, -0.05) is 48.2 Å². The molecule has 0 spiro atoms. The van der Waals surface area contributed by atoms with Crippen LogP contribution in [0.3, 0.4) is 0 Å². The number of nitrogens with zero attached hydrogens (tertiary/aromatic N) is 4. The summed E-state index contributed by atoms with van der Waals surface area (Å²) in [6.07, 6.45) is 0. The monoisotopic (exact) mass is 364 g/mol. The minimum atomic E-state index is -0.196. The summed E-state index contributed by atoms with van der Waals surface area (Å²) in [4.78, 5) is 13.9. The molecule has 6 nitrogen and oxygen atoms in total. The zero-order chi connectivity index (χ0) is 18.4. The SMILES string of the molecule is Cc1ccccc1-c1nnc(SCC(=O)N(CC#N)c2ccccc2)o1. The van der Waals surface area contributed by atoms with E-state index in [1.54, 1.807) is 12.1 Å². The lowest BCUT2D eigenvalue weighted by molar-refractivity contribution is -0.116. The van der Waals surface area contributed by atoms with Crippen molar-refractivity contribution in [3.05, 3.63) is 60.2 Å². The summed E-state index contributed by atoms with van der Waals surface area (Å²) in [5, 5.41) is 17.4. The fourth-order valence-corrected chi connectivity index (χ4v) is 3.03. The Kier molecular flexibility index (Phi) is 5.66. The maximum Gasteiger partial charge on any atom is 0.277 e. The van der Waals surface area contributed by atoms with Gasteiger partial charge in [-0.15, -0.1) is 10.2 Å². The van der Waals surface area contributed by atoms with Gasteiger partial charge in [0.05, 0.1) is 11.8 Å². The van der Waals surface area contributed by atoms with Crippen molar-refractivity contribution in [2.45, 2.75) is 12.1 Å². The van der Waals surface area contributed by atoms with Gasteiger partial charge in [-0.2, -0.15) is 5.26 Å². The van der Waals surface area contributed by atoms with Crippen LogP contribution in [-0.4, -0.2) is 28.4 Å². The van der Waals surface area contributed by atoms with Crippen LogP contribution >= 0.6 is 11.8 Å². The number of hydrogen-bond acceptors (Lipinski definition) is 6. The first kappa shape index (κ1) is 17.7. The molecule has 0 fully saturated rings. The minimum absolute atomic E-state index is 0.0122. The van der Waals surface area contributed by atoms with Gasteiger partial charge in [-0.3, -0.25) is 9.69 Å². The first-order valence-electron chi connectivity index (χ1n) is 7.93. The number of aryl methyl sites for hydroxylation is 1. The number of carbonyl (C=O) groups is 1. The maximum absolute atomic E-state index is 12.5. The standard InChI is InChI=1S/C19H16N4O2S/c1-14-7-5-6-10-16(14)18-21-22-19(25-18)26-13-17(24)23(12-11-20)15-8-3-2-4-9-15/h2-10H,12-13H2,1H3. The van der Waals surface area contributed by atoms with Gasteiger partial charge < -0.3 is 4.42 Å². The van der Waals surface area contributed by atoms with Crippen molar-refractivity contribution in [3.8, 4) is 17.5 Å². The number of nitriles is 1. The smallest absolute Gasteiger partial charge is 0.277 e. The third-order valence-corrected chi connectivity index (χ3v) is 4.50. The highest BCUT2D eigenvalue weighted by atomic mass is 32.2. The van der Waals surface area contributed by atoms with Crippen molar-refractivity contribution in [1.82, 2.24) is 10.2 Å². The Hall–Kier alpha value is -3.11. The molecule has 1 heterocycles. The van der Waals surface area contributed by atoms with E-state index in [1.807, 2.05) is 55.5 Å². The topological polar surface area (TPSA) is 83.0 Å². The molecule has 0 aliphatic carbocycles. The van der Waals surface area contributed by atoms with Gasteiger partial charge in [0.2, 0.25) is 11.8 Å². The van der Waals surface area contributed by atoms with Crippen molar-refractivity contribution in [1.29, 1.82) is 5.26 Å². The summed E-state index contributed by atoms with van der Waals surface area (Å²) in [5.41, 5.74) is 2.59. The number of para-hydroxylation sites is 1. The highest BCUT2D eigenvalue weighted by molar-refractivity contribution is 7.99. The van der Waals surface area contributed by atoms with E-state index >= 15 is 0 Å². The molecule has 0 aliphatic heterocycles. The van der Waals surface area contributed by atoms with Crippen LogP contribution in [0.1, 0.15) is 5.56 Å². The molecule has 0 atom stereocenters. The average molecular weight is 364 g/mol. The molecule has 0 unspecified atom stereocenters. The second-order valence-corrected chi connectivity index (χ2v) is 6.38. The highest BCUT2D eigenvalue weighted by Gasteiger charge is 2.18. The lowest BCUT2D eigenvalue weighted by atomic mass is 10.1. The summed E-state index contributed by atoms with van der Waals surface area (Å²) in [7, 11) is 0. The Morgan fingerprint density at radius 2 is 1.88 bits per heavy atom. The van der Waals surface area contributed by atoms with Gasteiger partial charge in [-0.05, 0) is 30.7 Å². The first-order valence-corrected chi connectivity index (χ1v) is 8.92. The second-order valence-electron chi connectivity index (χ2n) is 5.45. The predicted octanol–water partition coefficient (Wildman–Crippen LogP) is 3.69. The molecular weight excluding hydrogens is 348 g/mol. The van der Waals surface area contributed by atoms with Crippen LogP contribution in [0.4, 0.5) is 5.69 Å². The van der Waals surface area contributed by atoms with Crippen LogP contribution in [0.25, 0.3) is 11.5 Å². The molecule has 1 amide bonds. The summed E-state index contributed by atoms with van der Waals surface area (Å²) in [6.45, 7) is 1.96. The largest absolute Gasteiger partial charge is 0.411 e. The fraction of sp³-hybridized carbons (Fsp3) is 0.158. The van der Waals surface area contributed by atoms with E-state index in [-0.39, 0.29) is 18.2 Å². The molecule has 1 aromatic heterocycles. The van der Waals surface area contributed by atoms with Crippen LogP contribution in [0, 0.1) is 18.3 Å². The van der Waals surface area contributed by atoms with E-state index in [0.717, 1.165) is 22.9 Å². The zero-order valence-corrected chi connectivity index (χ0v) is 14.9. The number of aromatic nitrogens is 2. The molecule has 0 saturated carbocycles. The molecular formula is C19H16N4O2S. The number of amides is 1. The van der Waals surface area contributed by atoms with E-state index in [9.17, 15) is 4.79 Å². The number of rotatable bonds is 6. The Morgan fingerprint density at radius 1 is 1.15 bits per heavy atom. The van der Waals surface area contributed by atoms with E-state index in [2.05, 4.69) is 10.2 Å². The first-order chi connectivity index (χ1) is 12.7. The number of anilines is 1. The van der Waals surface area contributed by atoms with Crippen LogP contribution in [0.5, 0.6) is 0 Å². The zero-order valence-electron chi connectivity index (χ0n) is 14.1. The van der Waals surface area contributed by atoms with E-state index in [0.29, 0.717) is 16.8 Å². The average Bonchev–Trinajstić information content (AvgIpc) is 3.14. The predicted molar refractivity (Wildman–Crippen MR) is 99.6 cm³/mol. The minimum Gasteiger partial charge on any atom is -0.411 e. The van der Waals surface area contributed by atoms with Crippen molar-refractivity contribution in [3.63, 3.8) is 0 Å². The molecule has 2 aromatic carbocycles. The quantitative estimate of drug-likeness (QED) is 0.490. The van der Waals surface area contributed by atoms with Crippen molar-refractivity contribution < 1.29 is 9.21 Å². The van der Waals surface area contributed by atoms with Gasteiger partial charge in [0.15, 0.2) is 0 Å². The molecule has 0 N–H and O–H groups in total. The normalized spacial score (nSPS) is 10.3. The van der Waals surface area contributed by atoms with Gasteiger partial charge in [0.25, 0.3) is 5.22 Å². The Labute approximate surface area is 155 Å². The van der Waals surface area contributed by atoms with E-state index in [4.69, 9.17) is 9.68 Å². The summed E-state index contributed by atoms with van der Waals surface area (Å²) in [6, 6.07) is 18.8. The van der Waals surface area contributed by atoms with Crippen LogP contribution < -0.4 is 4.90 Å². The number of thioether (sulfide) groups is 1. The molecule has 0 bridgehead atoms. The van der Waals surface area contributed by atoms with E-state index in [1.165, 1.54) is 4.90 Å². The number of hydrogen-bond donors (Lipinski definition) is 0. The van der Waals surface area contributed by atoms with Gasteiger partial charge >= 0.3 is 0 Å². The molecule has 0 saturated heterocycles. The van der Waals surface area contributed by atoms with Crippen molar-refractivity contribution >= 4 is 23.4 Å². The number of benzene rings is 2. The van der Waals surface area contributed by atoms with Crippen molar-refractivity contribution in [2.75, 3.05) is 17.2 Å². The van der Waals surface area contributed by atoms with Crippen LogP contribution in [0.15, 0.2) is 64.2 Å². The van der Waals surface area contributed by atoms with Crippen molar-refractivity contribution in [2.24, 2.45) is 0 Å². The Morgan fingerprint density at radius 3 is 2.62 bits per heavy atom. The van der Waals surface area contributed by atoms with Crippen LogP contribution in [-0.2, 0) is 4.79 Å². The Balaban J connectivity index is 1.68. The molecule has 3 aromatic rings. The summed E-state index contributed by atoms with van der Waals surface area (Å²) < 4.78 is 5.65. The third kappa shape index (κ3) is 4.10. The van der Waals surface area contributed by atoms with Crippen LogP contribution in [0.2, 0.25) is 0 Å². The lowest BCUT2D eigenvalue weighted by Crippen LogP contribution is -2.32. The molecule has 130 valence electrons. The molecule has 26 heavy (non-hydrogen) atoms. The number of carbonyl (C=O) groups excluding carboxylic acids is 1. The van der Waals surface area contributed by atoms with E-state index < -0.39 is 0 Å². The Bertz CT molecular complexity index is 934. The summed E-state index contributed by atoms with van der Waals surface area (Å²) in [5.74, 6) is 0.333. The third-order valence-electron chi connectivity index (χ3n) is 3.70. The molecule has 0 radical (unpaired) electrons. The molecule has 3 rings (SSSR count). The molecule has 0 aliphatic rings. The van der Waals surface area contributed by atoms with Gasteiger partial charge in [0, 0.05) is 11.3 Å². The lowest BCUT2D eigenvalue weighted by Gasteiger charge is -2.18. The van der Waals surface area contributed by atoms with Gasteiger partial charge in [-0.25, -0.2) is 0 Å². The van der Waals surface area contributed by atoms with Gasteiger partial charge in [0.1, 0.15) is 6.54 Å². The maximum atomic E-state index is 12.5.